The van der Waals surface area contributed by atoms with Gasteiger partial charge in [-0.3, -0.25) is 0 Å². The quantitative estimate of drug-likeness (QED) is 0.870. The van der Waals surface area contributed by atoms with Gasteiger partial charge in [-0.1, -0.05) is 12.1 Å². The Hall–Kier alpha value is -2.08. The predicted molar refractivity (Wildman–Crippen MR) is 71.3 cm³/mol. The Bertz CT molecular complexity index is 653. The monoisotopic (exact) mass is 299 g/mol. The number of halogens is 4. The molecule has 0 unspecified atom stereocenters. The van der Waals surface area contributed by atoms with Crippen LogP contribution in [0.4, 0.5) is 17.6 Å². The molecule has 0 heterocycles. The van der Waals surface area contributed by atoms with Crippen LogP contribution in [0.25, 0.3) is 11.1 Å². The summed E-state index contributed by atoms with van der Waals surface area (Å²) in [5.41, 5.74) is 5.73. The summed E-state index contributed by atoms with van der Waals surface area (Å²) in [4.78, 5) is 0. The third-order valence-electron chi connectivity index (χ3n) is 3.11. The van der Waals surface area contributed by atoms with E-state index in [1.165, 1.54) is 13.2 Å². The SMILES string of the molecule is COc1ccc(-c2ccc(F)c(C(F)(F)F)c2)cc1CN. The number of rotatable bonds is 3. The Balaban J connectivity index is 2.52. The fourth-order valence-corrected chi connectivity index (χ4v) is 2.04. The Morgan fingerprint density at radius 3 is 2.24 bits per heavy atom. The van der Waals surface area contributed by atoms with Gasteiger partial charge in [-0.05, 0) is 35.4 Å². The average molecular weight is 299 g/mol. The van der Waals surface area contributed by atoms with E-state index in [1.54, 1.807) is 18.2 Å². The van der Waals surface area contributed by atoms with Gasteiger partial charge >= 0.3 is 6.18 Å². The lowest BCUT2D eigenvalue weighted by Crippen LogP contribution is -2.08. The highest BCUT2D eigenvalue weighted by Gasteiger charge is 2.34. The Kier molecular flexibility index (Phi) is 4.18. The van der Waals surface area contributed by atoms with Crippen molar-refractivity contribution in [2.24, 2.45) is 5.73 Å². The van der Waals surface area contributed by atoms with E-state index in [-0.39, 0.29) is 12.1 Å². The van der Waals surface area contributed by atoms with Crippen LogP contribution in [0.1, 0.15) is 11.1 Å². The van der Waals surface area contributed by atoms with Crippen molar-refractivity contribution in [3.05, 3.63) is 53.3 Å². The molecule has 21 heavy (non-hydrogen) atoms. The van der Waals surface area contributed by atoms with Gasteiger partial charge in [0.05, 0.1) is 12.7 Å². The van der Waals surface area contributed by atoms with Crippen molar-refractivity contribution in [2.75, 3.05) is 7.11 Å². The lowest BCUT2D eigenvalue weighted by molar-refractivity contribution is -0.139. The molecule has 0 amide bonds. The van der Waals surface area contributed by atoms with Crippen molar-refractivity contribution in [1.29, 1.82) is 0 Å². The molecule has 2 nitrogen and oxygen atoms in total. The molecule has 0 aromatic heterocycles. The first-order chi connectivity index (χ1) is 9.86. The number of hydrogen-bond donors (Lipinski definition) is 1. The molecular weight excluding hydrogens is 286 g/mol. The number of nitrogens with two attached hydrogens (primary N) is 1. The van der Waals surface area contributed by atoms with E-state index in [1.807, 2.05) is 0 Å². The summed E-state index contributed by atoms with van der Waals surface area (Å²) >= 11 is 0. The zero-order chi connectivity index (χ0) is 15.6. The van der Waals surface area contributed by atoms with Crippen molar-refractivity contribution in [2.45, 2.75) is 12.7 Å². The van der Waals surface area contributed by atoms with Crippen LogP contribution >= 0.6 is 0 Å². The largest absolute Gasteiger partial charge is 0.496 e. The minimum Gasteiger partial charge on any atom is -0.496 e. The van der Waals surface area contributed by atoms with E-state index in [9.17, 15) is 17.6 Å². The van der Waals surface area contributed by atoms with Crippen LogP contribution in [0, 0.1) is 5.82 Å². The maximum atomic E-state index is 13.3. The molecule has 0 aliphatic carbocycles. The maximum Gasteiger partial charge on any atom is 0.419 e. The van der Waals surface area contributed by atoms with Crippen molar-refractivity contribution < 1.29 is 22.3 Å². The highest BCUT2D eigenvalue weighted by Crippen LogP contribution is 2.35. The summed E-state index contributed by atoms with van der Waals surface area (Å²) < 4.78 is 56.6. The van der Waals surface area contributed by atoms with Crippen LogP contribution in [0.3, 0.4) is 0 Å². The van der Waals surface area contributed by atoms with Crippen LogP contribution in [0.5, 0.6) is 5.75 Å². The second kappa shape index (κ2) is 5.73. The van der Waals surface area contributed by atoms with Crippen molar-refractivity contribution in [3.8, 4) is 16.9 Å². The van der Waals surface area contributed by atoms with Gasteiger partial charge in [-0.25, -0.2) is 4.39 Å². The van der Waals surface area contributed by atoms with Crippen LogP contribution in [0.2, 0.25) is 0 Å². The van der Waals surface area contributed by atoms with Gasteiger partial charge in [0.1, 0.15) is 11.6 Å². The summed E-state index contributed by atoms with van der Waals surface area (Å²) in [5, 5.41) is 0. The molecule has 0 aliphatic rings. The molecule has 0 saturated carbocycles. The van der Waals surface area contributed by atoms with E-state index in [2.05, 4.69) is 0 Å². The second-order valence-corrected chi connectivity index (χ2v) is 4.42. The maximum absolute atomic E-state index is 13.3. The van der Waals surface area contributed by atoms with Crippen LogP contribution in [0.15, 0.2) is 36.4 Å². The number of methoxy groups -OCH3 is 1. The van der Waals surface area contributed by atoms with Gasteiger partial charge in [-0.2, -0.15) is 13.2 Å². The van der Waals surface area contributed by atoms with Crippen molar-refractivity contribution >= 4 is 0 Å². The molecule has 0 saturated heterocycles. The van der Waals surface area contributed by atoms with Gasteiger partial charge in [0.15, 0.2) is 0 Å². The lowest BCUT2D eigenvalue weighted by Gasteiger charge is -2.12. The van der Waals surface area contributed by atoms with E-state index >= 15 is 0 Å². The molecule has 0 spiro atoms. The third-order valence-corrected chi connectivity index (χ3v) is 3.11. The van der Waals surface area contributed by atoms with Gasteiger partial charge in [-0.15, -0.1) is 0 Å². The third kappa shape index (κ3) is 3.16. The van der Waals surface area contributed by atoms with E-state index < -0.39 is 17.6 Å². The summed E-state index contributed by atoms with van der Waals surface area (Å²) in [6.45, 7) is 0.185. The molecule has 2 aromatic carbocycles. The predicted octanol–water partition coefficient (Wildman–Crippen LogP) is 3.98. The fraction of sp³-hybridized carbons (Fsp3) is 0.200. The highest BCUT2D eigenvalue weighted by atomic mass is 19.4. The molecule has 0 fully saturated rings. The molecular formula is C15H13F4NO. The number of benzene rings is 2. The summed E-state index contributed by atoms with van der Waals surface area (Å²) in [7, 11) is 1.48. The van der Waals surface area contributed by atoms with E-state index in [0.717, 1.165) is 12.1 Å². The first-order valence-corrected chi connectivity index (χ1v) is 6.11. The zero-order valence-electron chi connectivity index (χ0n) is 11.2. The first-order valence-electron chi connectivity index (χ1n) is 6.11. The average Bonchev–Trinajstić information content (AvgIpc) is 2.45. The molecule has 0 bridgehead atoms. The van der Waals surface area contributed by atoms with Crippen LogP contribution in [-0.2, 0) is 12.7 Å². The topological polar surface area (TPSA) is 35.2 Å². The Morgan fingerprint density at radius 2 is 1.67 bits per heavy atom. The Labute approximate surface area is 119 Å². The van der Waals surface area contributed by atoms with E-state index in [4.69, 9.17) is 10.5 Å². The van der Waals surface area contributed by atoms with Gasteiger partial charge in [0.2, 0.25) is 0 Å². The molecule has 0 radical (unpaired) electrons. The standard InChI is InChI=1S/C15H13F4NO/c1-21-14-5-3-9(6-11(14)8-20)10-2-4-13(16)12(7-10)15(17,18)19/h2-7H,8,20H2,1H3. The minimum atomic E-state index is -4.73. The highest BCUT2D eigenvalue weighted by molar-refractivity contribution is 5.66. The van der Waals surface area contributed by atoms with Crippen molar-refractivity contribution in [1.82, 2.24) is 0 Å². The molecule has 112 valence electrons. The minimum absolute atomic E-state index is 0.185. The van der Waals surface area contributed by atoms with Gasteiger partial charge in [0, 0.05) is 12.1 Å². The molecule has 2 N–H and O–H groups in total. The normalized spacial score (nSPS) is 11.5. The molecule has 2 aromatic rings. The van der Waals surface area contributed by atoms with Gasteiger partial charge in [0.25, 0.3) is 0 Å². The smallest absolute Gasteiger partial charge is 0.419 e. The molecule has 0 aliphatic heterocycles. The lowest BCUT2D eigenvalue weighted by atomic mass is 10.00. The van der Waals surface area contributed by atoms with Gasteiger partial charge < -0.3 is 10.5 Å². The summed E-state index contributed by atoms with van der Waals surface area (Å²) in [6, 6.07) is 7.75. The van der Waals surface area contributed by atoms with Crippen LogP contribution < -0.4 is 10.5 Å². The van der Waals surface area contributed by atoms with Crippen molar-refractivity contribution in [3.63, 3.8) is 0 Å². The zero-order valence-corrected chi connectivity index (χ0v) is 11.2. The Morgan fingerprint density at radius 1 is 1.05 bits per heavy atom. The first kappa shape index (κ1) is 15.3. The number of hydrogen-bond acceptors (Lipinski definition) is 2. The number of alkyl halides is 3. The molecule has 2 rings (SSSR count). The second-order valence-electron chi connectivity index (χ2n) is 4.42. The van der Waals surface area contributed by atoms with E-state index in [0.29, 0.717) is 16.9 Å². The fourth-order valence-electron chi connectivity index (χ4n) is 2.04. The summed E-state index contributed by atoms with van der Waals surface area (Å²) in [5.74, 6) is -0.738. The van der Waals surface area contributed by atoms with Crippen LogP contribution in [-0.4, -0.2) is 7.11 Å². The summed E-state index contributed by atoms with van der Waals surface area (Å²) in [6.07, 6.45) is -4.73. The molecule has 0 atom stereocenters. The number of ether oxygens (including phenoxy) is 1. The molecule has 6 heteroatoms.